The second-order valence-electron chi connectivity index (χ2n) is 4.63. The minimum absolute atomic E-state index is 0.222. The number of unbranched alkanes of at least 4 members (excludes halogenated alkanes) is 5. The van der Waals surface area contributed by atoms with Crippen molar-refractivity contribution in [2.75, 3.05) is 12.3 Å². The van der Waals surface area contributed by atoms with Gasteiger partial charge in [0.05, 0.1) is 12.3 Å². The molecule has 112 valence electrons. The summed E-state index contributed by atoms with van der Waals surface area (Å²) in [4.78, 5) is 11.5. The Balaban J connectivity index is 2.19. The maximum Gasteiger partial charge on any atom is 0.513 e. The number of benzene rings is 1. The van der Waals surface area contributed by atoms with E-state index in [2.05, 4.69) is 6.92 Å². The summed E-state index contributed by atoms with van der Waals surface area (Å²) < 4.78 is 9.98. The maximum atomic E-state index is 11.5. The molecule has 5 heteroatoms. The second kappa shape index (κ2) is 9.48. The lowest BCUT2D eigenvalue weighted by Crippen LogP contribution is -2.12. The van der Waals surface area contributed by atoms with E-state index in [-0.39, 0.29) is 10.8 Å². The molecule has 1 aromatic rings. The number of nitrogen functional groups attached to an aromatic ring is 1. The molecule has 4 nitrogen and oxygen atoms in total. The van der Waals surface area contributed by atoms with Gasteiger partial charge in [0.25, 0.3) is 0 Å². The van der Waals surface area contributed by atoms with Gasteiger partial charge in [0.15, 0.2) is 5.75 Å². The van der Waals surface area contributed by atoms with E-state index in [1.807, 2.05) is 0 Å². The first-order valence-electron chi connectivity index (χ1n) is 7.03. The van der Waals surface area contributed by atoms with Gasteiger partial charge >= 0.3 is 6.16 Å². The Bertz CT molecular complexity index is 424. The van der Waals surface area contributed by atoms with Crippen LogP contribution >= 0.6 is 11.6 Å². The highest BCUT2D eigenvalue weighted by Gasteiger charge is 2.10. The third kappa shape index (κ3) is 6.15. The van der Waals surface area contributed by atoms with E-state index >= 15 is 0 Å². The largest absolute Gasteiger partial charge is 0.513 e. The molecule has 0 fully saturated rings. The lowest BCUT2D eigenvalue weighted by Gasteiger charge is -2.08. The third-order valence-electron chi connectivity index (χ3n) is 2.90. The molecule has 0 aliphatic heterocycles. The van der Waals surface area contributed by atoms with Crippen molar-refractivity contribution in [1.82, 2.24) is 0 Å². The van der Waals surface area contributed by atoms with Crippen LogP contribution in [-0.4, -0.2) is 12.8 Å². The van der Waals surface area contributed by atoms with Crippen LogP contribution in [0.15, 0.2) is 18.2 Å². The highest BCUT2D eigenvalue weighted by atomic mass is 35.5. The second-order valence-corrected chi connectivity index (χ2v) is 5.01. The fraction of sp³-hybridized carbons (Fsp3) is 0.533. The van der Waals surface area contributed by atoms with Crippen molar-refractivity contribution >= 4 is 23.4 Å². The van der Waals surface area contributed by atoms with Crippen LogP contribution in [0, 0.1) is 0 Å². The van der Waals surface area contributed by atoms with Gasteiger partial charge in [-0.3, -0.25) is 0 Å². The molecule has 1 rings (SSSR count). The van der Waals surface area contributed by atoms with Crippen molar-refractivity contribution in [2.45, 2.75) is 45.4 Å². The van der Waals surface area contributed by atoms with Gasteiger partial charge in [-0.25, -0.2) is 4.79 Å². The molecule has 0 aromatic heterocycles. The van der Waals surface area contributed by atoms with Gasteiger partial charge in [-0.1, -0.05) is 56.7 Å². The summed E-state index contributed by atoms with van der Waals surface area (Å²) in [5.41, 5.74) is 5.98. The molecule has 2 N–H and O–H groups in total. The van der Waals surface area contributed by atoms with E-state index in [4.69, 9.17) is 26.8 Å². The summed E-state index contributed by atoms with van der Waals surface area (Å²) >= 11 is 5.91. The summed E-state index contributed by atoms with van der Waals surface area (Å²) in [6, 6.07) is 4.87. The summed E-state index contributed by atoms with van der Waals surface area (Å²) in [5.74, 6) is 0.222. The zero-order valence-corrected chi connectivity index (χ0v) is 12.6. The summed E-state index contributed by atoms with van der Waals surface area (Å²) in [5, 5.41) is 0.226. The van der Waals surface area contributed by atoms with E-state index in [1.165, 1.54) is 25.7 Å². The Morgan fingerprint density at radius 2 is 1.90 bits per heavy atom. The molecule has 0 saturated carbocycles. The third-order valence-corrected chi connectivity index (χ3v) is 3.31. The average molecular weight is 300 g/mol. The Hall–Kier alpha value is -1.42. The molecule has 0 unspecified atom stereocenters. The first-order valence-corrected chi connectivity index (χ1v) is 7.41. The fourth-order valence-electron chi connectivity index (χ4n) is 1.76. The highest BCUT2D eigenvalue weighted by Crippen LogP contribution is 2.29. The van der Waals surface area contributed by atoms with E-state index in [9.17, 15) is 4.79 Å². The van der Waals surface area contributed by atoms with Gasteiger partial charge in [-0.2, -0.15) is 0 Å². The average Bonchev–Trinajstić information content (AvgIpc) is 2.43. The molecular weight excluding hydrogens is 278 g/mol. The Morgan fingerprint density at radius 1 is 1.20 bits per heavy atom. The van der Waals surface area contributed by atoms with Gasteiger partial charge in [0, 0.05) is 0 Å². The van der Waals surface area contributed by atoms with Crippen molar-refractivity contribution in [3.63, 3.8) is 0 Å². The molecule has 0 aliphatic carbocycles. The standard InChI is InChI=1S/C15H22ClNO3/c1-2-3-4-5-6-7-11-19-15(18)20-13-10-8-9-12(17)14(13)16/h8-10H,2-7,11,17H2,1H3. The van der Waals surface area contributed by atoms with Crippen LogP contribution in [0.25, 0.3) is 0 Å². The number of anilines is 1. The van der Waals surface area contributed by atoms with Crippen LogP contribution in [0.1, 0.15) is 45.4 Å². The number of ether oxygens (including phenoxy) is 2. The zero-order chi connectivity index (χ0) is 14.8. The Morgan fingerprint density at radius 3 is 2.65 bits per heavy atom. The number of carbonyl (C=O) groups is 1. The maximum absolute atomic E-state index is 11.5. The summed E-state index contributed by atoms with van der Waals surface area (Å²) in [6.07, 6.45) is 6.06. The van der Waals surface area contributed by atoms with E-state index < -0.39 is 6.16 Å². The van der Waals surface area contributed by atoms with Crippen molar-refractivity contribution in [3.05, 3.63) is 23.2 Å². The molecule has 20 heavy (non-hydrogen) atoms. The first kappa shape index (κ1) is 16.6. The van der Waals surface area contributed by atoms with E-state index in [0.717, 1.165) is 12.8 Å². The summed E-state index contributed by atoms with van der Waals surface area (Å²) in [6.45, 7) is 2.55. The molecule has 0 amide bonds. The topological polar surface area (TPSA) is 61.5 Å². The SMILES string of the molecule is CCCCCCCCOC(=O)Oc1cccc(N)c1Cl. The van der Waals surface area contributed by atoms with E-state index in [0.29, 0.717) is 12.3 Å². The smallest absolute Gasteiger partial charge is 0.434 e. The Kier molecular flexibility index (Phi) is 7.88. The fourth-order valence-corrected chi connectivity index (χ4v) is 1.93. The molecule has 0 radical (unpaired) electrons. The predicted molar refractivity (Wildman–Crippen MR) is 81.2 cm³/mol. The minimum atomic E-state index is -0.744. The summed E-state index contributed by atoms with van der Waals surface area (Å²) in [7, 11) is 0. The molecule has 0 aliphatic rings. The predicted octanol–water partition coefficient (Wildman–Crippen LogP) is 4.80. The molecule has 0 bridgehead atoms. The number of rotatable bonds is 8. The van der Waals surface area contributed by atoms with Crippen LogP contribution < -0.4 is 10.5 Å². The highest BCUT2D eigenvalue weighted by molar-refractivity contribution is 6.34. The van der Waals surface area contributed by atoms with E-state index in [1.54, 1.807) is 18.2 Å². The van der Waals surface area contributed by atoms with Crippen molar-refractivity contribution in [3.8, 4) is 5.75 Å². The van der Waals surface area contributed by atoms with Crippen LogP contribution in [-0.2, 0) is 4.74 Å². The van der Waals surface area contributed by atoms with Crippen molar-refractivity contribution < 1.29 is 14.3 Å². The quantitative estimate of drug-likeness (QED) is 0.324. The molecule has 0 spiro atoms. The van der Waals surface area contributed by atoms with Crippen LogP contribution in [0.4, 0.5) is 10.5 Å². The van der Waals surface area contributed by atoms with Crippen LogP contribution in [0.2, 0.25) is 5.02 Å². The molecule has 1 aromatic carbocycles. The van der Waals surface area contributed by atoms with Gasteiger partial charge in [0.1, 0.15) is 5.02 Å². The van der Waals surface area contributed by atoms with Crippen molar-refractivity contribution in [1.29, 1.82) is 0 Å². The lowest BCUT2D eigenvalue weighted by atomic mass is 10.1. The first-order chi connectivity index (χ1) is 9.65. The molecule has 0 atom stereocenters. The van der Waals surface area contributed by atoms with Crippen molar-refractivity contribution in [2.24, 2.45) is 0 Å². The number of hydrogen-bond donors (Lipinski definition) is 1. The number of nitrogens with two attached hydrogens (primary N) is 1. The molecule has 0 saturated heterocycles. The number of hydrogen-bond acceptors (Lipinski definition) is 4. The number of carbonyl (C=O) groups excluding carboxylic acids is 1. The zero-order valence-electron chi connectivity index (χ0n) is 11.9. The van der Waals surface area contributed by atoms with Crippen LogP contribution in [0.5, 0.6) is 5.75 Å². The monoisotopic (exact) mass is 299 g/mol. The van der Waals surface area contributed by atoms with Gasteiger partial charge in [-0.05, 0) is 18.6 Å². The minimum Gasteiger partial charge on any atom is -0.434 e. The Labute approximate surface area is 125 Å². The lowest BCUT2D eigenvalue weighted by molar-refractivity contribution is 0.0973. The normalized spacial score (nSPS) is 10.3. The van der Waals surface area contributed by atoms with Gasteiger partial charge in [-0.15, -0.1) is 0 Å². The van der Waals surface area contributed by atoms with Gasteiger partial charge < -0.3 is 15.2 Å². The van der Waals surface area contributed by atoms with Gasteiger partial charge in [0.2, 0.25) is 0 Å². The molecular formula is C15H22ClNO3. The molecule has 0 heterocycles. The number of halogens is 1. The van der Waals surface area contributed by atoms with Crippen LogP contribution in [0.3, 0.4) is 0 Å².